The lowest BCUT2D eigenvalue weighted by Crippen LogP contribution is -2.31. The summed E-state index contributed by atoms with van der Waals surface area (Å²) in [7, 11) is 3.58. The molecule has 9 heteroatoms. The molecule has 0 aliphatic carbocycles. The summed E-state index contributed by atoms with van der Waals surface area (Å²) in [5.74, 6) is 0.254. The zero-order valence-corrected chi connectivity index (χ0v) is 19.4. The number of carbonyl (C=O) groups is 2. The van der Waals surface area contributed by atoms with Crippen LogP contribution in [0.1, 0.15) is 22.8 Å². The number of rotatable bonds is 7. The SMILES string of the molecule is CCN(C)C(=O)Nc1cc(CNc2ccccc2C(=O)Nc2ccc3cn(C)nc3c2)ccn1. The van der Waals surface area contributed by atoms with E-state index < -0.39 is 0 Å². The summed E-state index contributed by atoms with van der Waals surface area (Å²) in [6, 6.07) is 16.4. The highest BCUT2D eigenvalue weighted by atomic mass is 16.2. The summed E-state index contributed by atoms with van der Waals surface area (Å²) in [6.45, 7) is 2.96. The van der Waals surface area contributed by atoms with Crippen molar-refractivity contribution in [3.05, 3.63) is 78.1 Å². The van der Waals surface area contributed by atoms with Crippen LogP contribution < -0.4 is 16.0 Å². The van der Waals surface area contributed by atoms with Gasteiger partial charge in [0.1, 0.15) is 5.82 Å². The third-order valence-corrected chi connectivity index (χ3v) is 5.41. The number of hydrogen-bond acceptors (Lipinski definition) is 5. The van der Waals surface area contributed by atoms with E-state index in [0.717, 1.165) is 16.5 Å². The number of aryl methyl sites for hydroxylation is 1. The Hall–Kier alpha value is -4.40. The lowest BCUT2D eigenvalue weighted by atomic mass is 10.1. The molecule has 0 spiro atoms. The molecule has 0 atom stereocenters. The normalized spacial score (nSPS) is 10.7. The summed E-state index contributed by atoms with van der Waals surface area (Å²) in [4.78, 5) is 30.9. The van der Waals surface area contributed by atoms with Gasteiger partial charge in [0.15, 0.2) is 0 Å². The molecule has 0 fully saturated rings. The Bertz CT molecular complexity index is 1330. The van der Waals surface area contributed by atoms with Crippen LogP contribution in [0, 0.1) is 0 Å². The van der Waals surface area contributed by atoms with Crippen molar-refractivity contribution >= 4 is 40.0 Å². The molecule has 2 aromatic heterocycles. The number of nitrogens with zero attached hydrogens (tertiary/aromatic N) is 4. The van der Waals surface area contributed by atoms with Crippen LogP contribution in [-0.4, -0.2) is 45.2 Å². The van der Waals surface area contributed by atoms with Gasteiger partial charge in [-0.05, 0) is 55.0 Å². The molecule has 0 unspecified atom stereocenters. The van der Waals surface area contributed by atoms with Gasteiger partial charge in [0.25, 0.3) is 5.91 Å². The number of benzene rings is 2. The predicted molar refractivity (Wildman–Crippen MR) is 134 cm³/mol. The van der Waals surface area contributed by atoms with E-state index in [-0.39, 0.29) is 11.9 Å². The first-order valence-corrected chi connectivity index (χ1v) is 11.0. The standard InChI is InChI=1S/C25H27N7O2/c1-4-31(2)25(34)29-23-13-17(11-12-26-23)15-27-21-8-6-5-7-20(21)24(33)28-19-10-9-18-16-32(3)30-22(18)14-19/h5-14,16,27H,4,15H2,1-3H3,(H,28,33)(H,26,29,34). The molecule has 2 aromatic carbocycles. The monoisotopic (exact) mass is 457 g/mol. The van der Waals surface area contributed by atoms with E-state index in [4.69, 9.17) is 0 Å². The van der Waals surface area contributed by atoms with Crippen LogP contribution in [0.4, 0.5) is 22.0 Å². The van der Waals surface area contributed by atoms with E-state index in [1.54, 1.807) is 35.0 Å². The second-order valence-corrected chi connectivity index (χ2v) is 7.92. The molecule has 0 aliphatic rings. The molecule has 0 saturated carbocycles. The van der Waals surface area contributed by atoms with Gasteiger partial charge >= 0.3 is 6.03 Å². The summed E-state index contributed by atoms with van der Waals surface area (Å²) >= 11 is 0. The van der Waals surface area contributed by atoms with E-state index in [2.05, 4.69) is 26.0 Å². The van der Waals surface area contributed by atoms with E-state index in [0.29, 0.717) is 35.8 Å². The molecule has 3 N–H and O–H groups in total. The molecule has 9 nitrogen and oxygen atoms in total. The van der Waals surface area contributed by atoms with Gasteiger partial charge in [-0.2, -0.15) is 5.10 Å². The Morgan fingerprint density at radius 2 is 1.88 bits per heavy atom. The first-order valence-electron chi connectivity index (χ1n) is 11.0. The molecule has 174 valence electrons. The zero-order valence-electron chi connectivity index (χ0n) is 19.4. The quantitative estimate of drug-likeness (QED) is 0.384. The number of urea groups is 1. The first kappa shape index (κ1) is 22.8. The molecule has 0 aliphatic heterocycles. The van der Waals surface area contributed by atoms with Gasteiger partial charge in [-0.3, -0.25) is 14.8 Å². The molecule has 0 radical (unpaired) electrons. The minimum atomic E-state index is -0.219. The smallest absolute Gasteiger partial charge is 0.322 e. The minimum Gasteiger partial charge on any atom is -0.380 e. The largest absolute Gasteiger partial charge is 0.380 e. The molecule has 3 amide bonds. The van der Waals surface area contributed by atoms with Gasteiger partial charge < -0.3 is 15.5 Å². The maximum atomic E-state index is 13.0. The number of nitrogens with one attached hydrogen (secondary N) is 3. The van der Waals surface area contributed by atoms with Crippen LogP contribution in [0.2, 0.25) is 0 Å². The van der Waals surface area contributed by atoms with E-state index in [1.807, 2.05) is 62.6 Å². The third-order valence-electron chi connectivity index (χ3n) is 5.41. The molecular formula is C25H27N7O2. The average Bonchev–Trinajstić information content (AvgIpc) is 3.21. The van der Waals surface area contributed by atoms with Crippen molar-refractivity contribution in [3.63, 3.8) is 0 Å². The Morgan fingerprint density at radius 1 is 1.06 bits per heavy atom. The van der Waals surface area contributed by atoms with Crippen molar-refractivity contribution in [2.75, 3.05) is 29.5 Å². The first-order chi connectivity index (χ1) is 16.4. The van der Waals surface area contributed by atoms with Gasteiger partial charge in [0.2, 0.25) is 0 Å². The van der Waals surface area contributed by atoms with Crippen molar-refractivity contribution in [1.29, 1.82) is 0 Å². The van der Waals surface area contributed by atoms with Gasteiger partial charge in [0.05, 0.1) is 11.1 Å². The Labute approximate surface area is 197 Å². The van der Waals surface area contributed by atoms with Crippen molar-refractivity contribution in [2.24, 2.45) is 7.05 Å². The molecule has 34 heavy (non-hydrogen) atoms. The molecule has 4 rings (SSSR count). The van der Waals surface area contributed by atoms with Crippen LogP contribution in [0.5, 0.6) is 0 Å². The second-order valence-electron chi connectivity index (χ2n) is 7.92. The van der Waals surface area contributed by atoms with Crippen LogP contribution in [-0.2, 0) is 13.6 Å². The Kier molecular flexibility index (Phi) is 6.72. The summed E-state index contributed by atoms with van der Waals surface area (Å²) in [6.07, 6.45) is 3.57. The molecular weight excluding hydrogens is 430 g/mol. The Morgan fingerprint density at radius 3 is 2.71 bits per heavy atom. The fourth-order valence-corrected chi connectivity index (χ4v) is 3.45. The number of amides is 3. The summed E-state index contributed by atoms with van der Waals surface area (Å²) < 4.78 is 1.74. The zero-order chi connectivity index (χ0) is 24.1. The number of pyridine rings is 1. The van der Waals surface area contributed by atoms with Gasteiger partial charge in [-0.15, -0.1) is 0 Å². The third kappa shape index (κ3) is 5.32. The lowest BCUT2D eigenvalue weighted by Gasteiger charge is -2.16. The summed E-state index contributed by atoms with van der Waals surface area (Å²) in [5, 5.41) is 14.5. The average molecular weight is 458 g/mol. The topological polar surface area (TPSA) is 104 Å². The van der Waals surface area contributed by atoms with Crippen molar-refractivity contribution in [3.8, 4) is 0 Å². The number of carbonyl (C=O) groups excluding carboxylic acids is 2. The van der Waals surface area contributed by atoms with E-state index in [9.17, 15) is 9.59 Å². The highest BCUT2D eigenvalue weighted by Crippen LogP contribution is 2.21. The van der Waals surface area contributed by atoms with Crippen molar-refractivity contribution in [2.45, 2.75) is 13.5 Å². The van der Waals surface area contributed by atoms with Crippen LogP contribution in [0.15, 0.2) is 67.0 Å². The maximum Gasteiger partial charge on any atom is 0.322 e. The molecule has 4 aromatic rings. The number of fused-ring (bicyclic) bond motifs is 1. The lowest BCUT2D eigenvalue weighted by molar-refractivity contribution is 0.102. The predicted octanol–water partition coefficient (Wildman–Crippen LogP) is 4.32. The van der Waals surface area contributed by atoms with Crippen LogP contribution in [0.25, 0.3) is 10.9 Å². The fourth-order valence-electron chi connectivity index (χ4n) is 3.45. The summed E-state index contributed by atoms with van der Waals surface area (Å²) in [5.41, 5.74) is 3.64. The number of anilines is 3. The molecule has 2 heterocycles. The molecule has 0 bridgehead atoms. The fraction of sp³-hybridized carbons (Fsp3) is 0.200. The van der Waals surface area contributed by atoms with Crippen molar-refractivity contribution < 1.29 is 9.59 Å². The second kappa shape index (κ2) is 10.0. The Balaban J connectivity index is 1.44. The molecule has 0 saturated heterocycles. The maximum absolute atomic E-state index is 13.0. The number of para-hydroxylation sites is 1. The highest BCUT2D eigenvalue weighted by Gasteiger charge is 2.13. The van der Waals surface area contributed by atoms with E-state index >= 15 is 0 Å². The van der Waals surface area contributed by atoms with Gasteiger partial charge in [-0.1, -0.05) is 12.1 Å². The minimum absolute atomic E-state index is 0.217. The van der Waals surface area contributed by atoms with Gasteiger partial charge in [-0.25, -0.2) is 9.78 Å². The van der Waals surface area contributed by atoms with Crippen LogP contribution in [0.3, 0.4) is 0 Å². The van der Waals surface area contributed by atoms with Gasteiger partial charge in [0, 0.05) is 56.3 Å². The highest BCUT2D eigenvalue weighted by molar-refractivity contribution is 6.08. The number of aromatic nitrogens is 3. The van der Waals surface area contributed by atoms with Crippen molar-refractivity contribution in [1.82, 2.24) is 19.7 Å². The van der Waals surface area contributed by atoms with Crippen LogP contribution >= 0.6 is 0 Å². The number of hydrogen-bond donors (Lipinski definition) is 3. The van der Waals surface area contributed by atoms with E-state index in [1.165, 1.54) is 0 Å².